The van der Waals surface area contributed by atoms with Crippen molar-refractivity contribution < 1.29 is 14.3 Å². The molecular weight excluding hydrogens is 318 g/mol. The fourth-order valence-electron chi connectivity index (χ4n) is 3.04. The Morgan fingerprint density at radius 1 is 1.16 bits per heavy atom. The van der Waals surface area contributed by atoms with Crippen LogP contribution in [0.5, 0.6) is 5.75 Å². The molecule has 0 aliphatic carbocycles. The van der Waals surface area contributed by atoms with Crippen LogP contribution in [-0.2, 0) is 4.79 Å². The van der Waals surface area contributed by atoms with Crippen molar-refractivity contribution in [1.82, 2.24) is 15.1 Å². The van der Waals surface area contributed by atoms with Crippen molar-refractivity contribution >= 4 is 11.9 Å². The topological polar surface area (TPSA) is 61.9 Å². The average Bonchev–Trinajstić information content (AvgIpc) is 2.59. The van der Waals surface area contributed by atoms with Crippen LogP contribution in [0.4, 0.5) is 4.79 Å². The first-order chi connectivity index (χ1) is 11.9. The minimum absolute atomic E-state index is 0.0294. The Bertz CT molecular complexity index is 608. The second-order valence-electron chi connectivity index (χ2n) is 6.67. The van der Waals surface area contributed by atoms with Crippen LogP contribution < -0.4 is 10.1 Å². The molecule has 6 nitrogen and oxygen atoms in total. The minimum Gasteiger partial charge on any atom is -0.484 e. The number of carbonyl (C=O) groups is 2. The van der Waals surface area contributed by atoms with Gasteiger partial charge in [-0.3, -0.25) is 4.79 Å². The Morgan fingerprint density at radius 3 is 2.36 bits per heavy atom. The van der Waals surface area contributed by atoms with Gasteiger partial charge < -0.3 is 19.9 Å². The third-order valence-corrected chi connectivity index (χ3v) is 4.47. The highest BCUT2D eigenvalue weighted by molar-refractivity contribution is 5.79. The fraction of sp³-hybridized carbons (Fsp3) is 0.579. The Hall–Kier alpha value is -2.24. The number of hydrogen-bond donors (Lipinski definition) is 1. The van der Waals surface area contributed by atoms with Crippen molar-refractivity contribution in [2.45, 2.75) is 33.6 Å². The summed E-state index contributed by atoms with van der Waals surface area (Å²) < 4.78 is 5.67. The molecule has 25 heavy (non-hydrogen) atoms. The third-order valence-electron chi connectivity index (χ3n) is 4.47. The molecule has 1 aromatic rings. The largest absolute Gasteiger partial charge is 0.484 e. The van der Waals surface area contributed by atoms with Crippen molar-refractivity contribution in [3.63, 3.8) is 0 Å². The van der Waals surface area contributed by atoms with E-state index in [1.165, 1.54) is 11.1 Å². The van der Waals surface area contributed by atoms with Crippen molar-refractivity contribution in [2.24, 2.45) is 0 Å². The van der Waals surface area contributed by atoms with Crippen molar-refractivity contribution in [3.8, 4) is 5.75 Å². The number of benzene rings is 1. The molecule has 1 aromatic carbocycles. The lowest BCUT2D eigenvalue weighted by molar-refractivity contribution is -0.134. The lowest BCUT2D eigenvalue weighted by Crippen LogP contribution is -2.53. The zero-order valence-electron chi connectivity index (χ0n) is 15.7. The molecule has 3 amide bonds. The number of nitrogens with one attached hydrogen (secondary N) is 1. The maximum atomic E-state index is 12.3. The Labute approximate surface area is 150 Å². The molecule has 1 aliphatic rings. The molecule has 0 saturated carbocycles. The molecule has 1 fully saturated rings. The van der Waals surface area contributed by atoms with E-state index in [1.807, 2.05) is 19.1 Å². The zero-order valence-corrected chi connectivity index (χ0v) is 15.7. The summed E-state index contributed by atoms with van der Waals surface area (Å²) in [7, 11) is 0. The molecule has 1 aliphatic heterocycles. The molecule has 0 spiro atoms. The Balaban J connectivity index is 1.81. The first-order valence-corrected chi connectivity index (χ1v) is 8.96. The molecule has 0 bridgehead atoms. The summed E-state index contributed by atoms with van der Waals surface area (Å²) in [5, 5.41) is 2.78. The predicted molar refractivity (Wildman–Crippen MR) is 98.0 cm³/mol. The fourth-order valence-corrected chi connectivity index (χ4v) is 3.04. The van der Waals surface area contributed by atoms with Gasteiger partial charge in [0.2, 0.25) is 0 Å². The number of amides is 3. The third kappa shape index (κ3) is 5.11. The summed E-state index contributed by atoms with van der Waals surface area (Å²) in [6, 6.07) is 5.90. The van der Waals surface area contributed by atoms with Crippen molar-refractivity contribution in [3.05, 3.63) is 29.3 Å². The van der Waals surface area contributed by atoms with E-state index in [-0.39, 0.29) is 18.5 Å². The quantitative estimate of drug-likeness (QED) is 0.889. The molecule has 1 heterocycles. The van der Waals surface area contributed by atoms with Crippen molar-refractivity contribution in [2.75, 3.05) is 39.3 Å². The van der Waals surface area contributed by atoms with Crippen LogP contribution >= 0.6 is 0 Å². The maximum absolute atomic E-state index is 12.3. The van der Waals surface area contributed by atoms with Gasteiger partial charge >= 0.3 is 6.03 Å². The van der Waals surface area contributed by atoms with Crippen LogP contribution in [0.3, 0.4) is 0 Å². The van der Waals surface area contributed by atoms with E-state index in [9.17, 15) is 9.59 Å². The molecule has 0 unspecified atom stereocenters. The molecule has 1 saturated heterocycles. The summed E-state index contributed by atoms with van der Waals surface area (Å²) in [4.78, 5) is 27.6. The first-order valence-electron chi connectivity index (χ1n) is 8.96. The first kappa shape index (κ1) is 19.1. The van der Waals surface area contributed by atoms with E-state index in [0.717, 1.165) is 5.75 Å². The van der Waals surface area contributed by atoms with Gasteiger partial charge in [0.05, 0.1) is 0 Å². The van der Waals surface area contributed by atoms with E-state index in [0.29, 0.717) is 38.6 Å². The van der Waals surface area contributed by atoms with Gasteiger partial charge in [0.15, 0.2) is 6.61 Å². The summed E-state index contributed by atoms with van der Waals surface area (Å²) in [6.45, 7) is 11.1. The Kier molecular flexibility index (Phi) is 6.67. The number of rotatable bonds is 5. The standard InChI is InChI=1S/C19H29N3O3/c1-5-20-19(24)22-10-8-21(9-11-22)18(23)13-25-16-6-7-17(14(2)3)15(4)12-16/h6-7,12,14H,5,8-11,13H2,1-4H3,(H,20,24). The summed E-state index contributed by atoms with van der Waals surface area (Å²) in [5.41, 5.74) is 2.47. The number of urea groups is 1. The lowest BCUT2D eigenvalue weighted by Gasteiger charge is -2.34. The smallest absolute Gasteiger partial charge is 0.317 e. The number of nitrogens with zero attached hydrogens (tertiary/aromatic N) is 2. The van der Waals surface area contributed by atoms with E-state index >= 15 is 0 Å². The number of hydrogen-bond acceptors (Lipinski definition) is 3. The van der Waals surface area contributed by atoms with E-state index in [4.69, 9.17) is 4.74 Å². The van der Waals surface area contributed by atoms with Crippen LogP contribution in [0.1, 0.15) is 37.8 Å². The van der Waals surface area contributed by atoms with E-state index in [1.54, 1.807) is 9.80 Å². The highest BCUT2D eigenvalue weighted by atomic mass is 16.5. The summed E-state index contributed by atoms with van der Waals surface area (Å²) in [6.07, 6.45) is 0. The SMILES string of the molecule is CCNC(=O)N1CCN(C(=O)COc2ccc(C(C)C)c(C)c2)CC1. The minimum atomic E-state index is -0.0634. The maximum Gasteiger partial charge on any atom is 0.317 e. The zero-order chi connectivity index (χ0) is 18.4. The Morgan fingerprint density at radius 2 is 1.80 bits per heavy atom. The summed E-state index contributed by atoms with van der Waals surface area (Å²) >= 11 is 0. The lowest BCUT2D eigenvalue weighted by atomic mass is 9.98. The van der Waals surface area contributed by atoms with Crippen LogP contribution in [0, 0.1) is 6.92 Å². The van der Waals surface area contributed by atoms with E-state index < -0.39 is 0 Å². The number of carbonyl (C=O) groups excluding carboxylic acids is 2. The molecule has 2 rings (SSSR count). The molecule has 0 radical (unpaired) electrons. The van der Waals surface area contributed by atoms with Crippen LogP contribution in [0.2, 0.25) is 0 Å². The number of ether oxygens (including phenoxy) is 1. The van der Waals surface area contributed by atoms with Crippen LogP contribution in [0.25, 0.3) is 0 Å². The van der Waals surface area contributed by atoms with Gasteiger partial charge in [-0.2, -0.15) is 0 Å². The average molecular weight is 347 g/mol. The molecular formula is C19H29N3O3. The van der Waals surface area contributed by atoms with Gasteiger partial charge in [-0.05, 0) is 43.0 Å². The molecule has 138 valence electrons. The second-order valence-corrected chi connectivity index (χ2v) is 6.67. The molecule has 1 N–H and O–H groups in total. The van der Waals surface area contributed by atoms with Gasteiger partial charge in [-0.25, -0.2) is 4.79 Å². The normalized spacial score (nSPS) is 14.6. The van der Waals surface area contributed by atoms with Crippen molar-refractivity contribution in [1.29, 1.82) is 0 Å². The number of piperazine rings is 1. The van der Waals surface area contributed by atoms with Crippen LogP contribution in [0.15, 0.2) is 18.2 Å². The van der Waals surface area contributed by atoms with Gasteiger partial charge in [-0.15, -0.1) is 0 Å². The van der Waals surface area contributed by atoms with Crippen LogP contribution in [-0.4, -0.2) is 61.1 Å². The number of aryl methyl sites for hydroxylation is 1. The van der Waals surface area contributed by atoms with Gasteiger partial charge in [0, 0.05) is 32.7 Å². The van der Waals surface area contributed by atoms with Gasteiger partial charge in [-0.1, -0.05) is 19.9 Å². The highest BCUT2D eigenvalue weighted by Gasteiger charge is 2.24. The highest BCUT2D eigenvalue weighted by Crippen LogP contribution is 2.23. The monoisotopic (exact) mass is 347 g/mol. The van der Waals surface area contributed by atoms with Gasteiger partial charge in [0.25, 0.3) is 5.91 Å². The summed E-state index contributed by atoms with van der Waals surface area (Å²) in [5.74, 6) is 1.15. The molecule has 6 heteroatoms. The molecule has 0 aromatic heterocycles. The van der Waals surface area contributed by atoms with Gasteiger partial charge in [0.1, 0.15) is 5.75 Å². The second kappa shape index (κ2) is 8.74. The predicted octanol–water partition coefficient (Wildman–Crippen LogP) is 2.37. The van der Waals surface area contributed by atoms with E-state index in [2.05, 4.69) is 32.2 Å². The molecule has 0 atom stereocenters.